The predicted octanol–water partition coefficient (Wildman–Crippen LogP) is -1.21. The molecule has 9 atom stereocenters. The summed E-state index contributed by atoms with van der Waals surface area (Å²) in [5, 5.41) is 60.6. The molecule has 180 valence electrons. The largest absolute Gasteiger partial charge is 0.393 e. The number of ether oxygens (including phenoxy) is 4. The molecule has 2 aliphatic heterocycles. The third-order valence-corrected chi connectivity index (χ3v) is 6.81. The van der Waals surface area contributed by atoms with Crippen molar-refractivity contribution >= 4 is 0 Å². The smallest absolute Gasteiger partial charge is 0.187 e. The lowest BCUT2D eigenvalue weighted by Crippen LogP contribution is -2.61. The van der Waals surface area contributed by atoms with E-state index in [1.165, 1.54) is 5.57 Å². The van der Waals surface area contributed by atoms with Gasteiger partial charge in [0.1, 0.15) is 36.1 Å². The highest BCUT2D eigenvalue weighted by Crippen LogP contribution is 2.40. The molecule has 0 bridgehead atoms. The summed E-state index contributed by atoms with van der Waals surface area (Å²) >= 11 is 0. The first kappa shape index (κ1) is 25.0. The molecule has 9 unspecified atom stereocenters. The lowest BCUT2D eigenvalue weighted by atomic mass is 9.78. The molecule has 0 aromatic heterocycles. The van der Waals surface area contributed by atoms with Crippen LogP contribution in [0.3, 0.4) is 0 Å². The van der Waals surface area contributed by atoms with Crippen LogP contribution in [0, 0.1) is 5.92 Å². The zero-order valence-corrected chi connectivity index (χ0v) is 18.3. The zero-order valence-electron chi connectivity index (χ0n) is 18.3. The molecule has 0 radical (unpaired) electrons. The maximum atomic E-state index is 10.5. The average molecular weight is 449 g/mol. The summed E-state index contributed by atoms with van der Waals surface area (Å²) in [6, 6.07) is 0. The number of allylic oxidation sites excluding steroid dienone is 1. The van der Waals surface area contributed by atoms with Crippen LogP contribution in [0.4, 0.5) is 0 Å². The van der Waals surface area contributed by atoms with Gasteiger partial charge < -0.3 is 49.6 Å². The van der Waals surface area contributed by atoms with E-state index in [0.29, 0.717) is 6.42 Å². The number of rotatable bonds is 7. The fraction of sp³-hybridized carbons (Fsp3) is 0.905. The van der Waals surface area contributed by atoms with Gasteiger partial charge >= 0.3 is 0 Å². The quantitative estimate of drug-likeness (QED) is 0.261. The maximum Gasteiger partial charge on any atom is 0.187 e. The second kappa shape index (κ2) is 9.68. The van der Waals surface area contributed by atoms with Crippen LogP contribution in [0.2, 0.25) is 0 Å². The van der Waals surface area contributed by atoms with Crippen molar-refractivity contribution in [3.8, 4) is 0 Å². The van der Waals surface area contributed by atoms with Gasteiger partial charge in [0.2, 0.25) is 0 Å². The van der Waals surface area contributed by atoms with Gasteiger partial charge in [-0.2, -0.15) is 0 Å². The second-order valence-corrected chi connectivity index (χ2v) is 9.33. The van der Waals surface area contributed by atoms with Crippen molar-refractivity contribution in [2.45, 2.75) is 94.3 Å². The molecule has 3 aliphatic rings. The van der Waals surface area contributed by atoms with E-state index in [-0.39, 0.29) is 19.1 Å². The van der Waals surface area contributed by atoms with E-state index in [1.807, 2.05) is 13.8 Å². The molecule has 31 heavy (non-hydrogen) atoms. The van der Waals surface area contributed by atoms with E-state index < -0.39 is 60.9 Å². The second-order valence-electron chi connectivity index (χ2n) is 9.33. The summed E-state index contributed by atoms with van der Waals surface area (Å²) < 4.78 is 22.6. The van der Waals surface area contributed by atoms with Crippen molar-refractivity contribution in [2.75, 3.05) is 19.8 Å². The number of hydrogen-bond acceptors (Lipinski definition) is 10. The van der Waals surface area contributed by atoms with Crippen LogP contribution in [-0.2, 0) is 18.9 Å². The summed E-state index contributed by atoms with van der Waals surface area (Å²) in [5.41, 5.74) is -1.15. The van der Waals surface area contributed by atoms with Crippen molar-refractivity contribution in [3.63, 3.8) is 0 Å². The standard InChI is InChI=1S/C21H36O10/c1-11(2)21(6-4-12(3)5-7-21)31-18-16(25)15(24)14(23)13(30-18)8-28-19-17(26)20(27,9-22)10-29-19/h4,11,13-19,22-27H,5-10H2,1-3H3. The lowest BCUT2D eigenvalue weighted by Gasteiger charge is -2.47. The molecule has 2 saturated heterocycles. The van der Waals surface area contributed by atoms with Crippen LogP contribution in [0.25, 0.3) is 0 Å². The molecular formula is C21H36O10. The third kappa shape index (κ3) is 4.98. The van der Waals surface area contributed by atoms with Gasteiger partial charge in [0, 0.05) is 0 Å². The first-order valence-corrected chi connectivity index (χ1v) is 10.8. The third-order valence-electron chi connectivity index (χ3n) is 6.81. The first-order valence-electron chi connectivity index (χ1n) is 10.8. The molecule has 0 saturated carbocycles. The predicted molar refractivity (Wildman–Crippen MR) is 107 cm³/mol. The molecule has 10 heteroatoms. The average Bonchev–Trinajstić information content (AvgIpc) is 3.04. The number of hydrogen-bond donors (Lipinski definition) is 6. The van der Waals surface area contributed by atoms with Crippen molar-refractivity contribution in [2.24, 2.45) is 5.92 Å². The van der Waals surface area contributed by atoms with Crippen molar-refractivity contribution in [1.29, 1.82) is 0 Å². The Hall–Kier alpha value is -0.660. The van der Waals surface area contributed by atoms with E-state index in [9.17, 15) is 30.6 Å². The maximum absolute atomic E-state index is 10.5. The fourth-order valence-electron chi connectivity index (χ4n) is 4.23. The number of aliphatic hydroxyl groups excluding tert-OH is 5. The highest BCUT2D eigenvalue weighted by atomic mass is 16.7. The van der Waals surface area contributed by atoms with Gasteiger partial charge in [-0.15, -0.1) is 0 Å². The van der Waals surface area contributed by atoms with Crippen molar-refractivity contribution in [1.82, 2.24) is 0 Å². The van der Waals surface area contributed by atoms with Gasteiger partial charge in [-0.3, -0.25) is 0 Å². The minimum absolute atomic E-state index is 0.115. The van der Waals surface area contributed by atoms with Crippen LogP contribution >= 0.6 is 0 Å². The van der Waals surface area contributed by atoms with Crippen LogP contribution in [0.5, 0.6) is 0 Å². The van der Waals surface area contributed by atoms with E-state index in [1.54, 1.807) is 0 Å². The monoisotopic (exact) mass is 448 g/mol. The van der Waals surface area contributed by atoms with Gasteiger partial charge in [-0.1, -0.05) is 25.5 Å². The minimum Gasteiger partial charge on any atom is -0.393 e. The Morgan fingerprint density at radius 1 is 1.13 bits per heavy atom. The van der Waals surface area contributed by atoms with Crippen molar-refractivity contribution in [3.05, 3.63) is 11.6 Å². The summed E-state index contributed by atoms with van der Waals surface area (Å²) in [6.45, 7) is 4.78. The molecule has 2 fully saturated rings. The first-order chi connectivity index (χ1) is 14.5. The van der Waals surface area contributed by atoms with Gasteiger partial charge in [-0.05, 0) is 32.1 Å². The SMILES string of the molecule is CC1=CCC(OC2OC(COC3OCC(O)(CO)C3O)C(O)C(O)C2O)(C(C)C)CC1. The van der Waals surface area contributed by atoms with E-state index in [4.69, 9.17) is 18.9 Å². The van der Waals surface area contributed by atoms with E-state index in [2.05, 4.69) is 13.0 Å². The summed E-state index contributed by atoms with van der Waals surface area (Å²) in [6.07, 6.45) is -5.12. The number of aliphatic hydroxyl groups is 6. The lowest BCUT2D eigenvalue weighted by molar-refractivity contribution is -0.338. The molecular weight excluding hydrogens is 412 g/mol. The highest BCUT2D eigenvalue weighted by molar-refractivity contribution is 5.09. The summed E-state index contributed by atoms with van der Waals surface area (Å²) in [4.78, 5) is 0. The van der Waals surface area contributed by atoms with Crippen LogP contribution < -0.4 is 0 Å². The topological polar surface area (TPSA) is 158 Å². The van der Waals surface area contributed by atoms with Gasteiger partial charge in [-0.25, -0.2) is 0 Å². The highest BCUT2D eigenvalue weighted by Gasteiger charge is 2.51. The van der Waals surface area contributed by atoms with Crippen LogP contribution in [-0.4, -0.2) is 105 Å². The van der Waals surface area contributed by atoms with Crippen LogP contribution in [0.1, 0.15) is 40.0 Å². The minimum atomic E-state index is -1.84. The van der Waals surface area contributed by atoms with Gasteiger partial charge in [0.05, 0.1) is 25.4 Å². The Balaban J connectivity index is 1.66. The summed E-state index contributed by atoms with van der Waals surface area (Å²) in [7, 11) is 0. The Bertz CT molecular complexity index is 642. The Morgan fingerprint density at radius 3 is 2.39 bits per heavy atom. The Labute approximate surface area is 182 Å². The van der Waals surface area contributed by atoms with E-state index in [0.717, 1.165) is 12.8 Å². The molecule has 1 aliphatic carbocycles. The molecule has 0 amide bonds. The van der Waals surface area contributed by atoms with Crippen LogP contribution in [0.15, 0.2) is 11.6 Å². The normalized spacial score (nSPS) is 46.4. The molecule has 2 heterocycles. The van der Waals surface area contributed by atoms with E-state index >= 15 is 0 Å². The summed E-state index contributed by atoms with van der Waals surface area (Å²) in [5.74, 6) is 0.115. The molecule has 0 aromatic rings. The Morgan fingerprint density at radius 2 is 1.84 bits per heavy atom. The molecule has 6 N–H and O–H groups in total. The van der Waals surface area contributed by atoms with Gasteiger partial charge in [0.25, 0.3) is 0 Å². The molecule has 10 nitrogen and oxygen atoms in total. The Kier molecular flexibility index (Phi) is 7.80. The molecule has 3 rings (SSSR count). The molecule has 0 aromatic carbocycles. The fourth-order valence-corrected chi connectivity index (χ4v) is 4.23. The zero-order chi connectivity index (χ0) is 23.0. The molecule has 0 spiro atoms. The van der Waals surface area contributed by atoms with Gasteiger partial charge in [0.15, 0.2) is 12.6 Å². The van der Waals surface area contributed by atoms with Crippen molar-refractivity contribution < 1.29 is 49.6 Å².